The molecule has 4 nitrogen and oxygen atoms in total. The number of fused-ring (bicyclic) bond motifs is 1. The van der Waals surface area contributed by atoms with Crippen LogP contribution in [0.3, 0.4) is 0 Å². The second-order valence-corrected chi connectivity index (χ2v) is 7.34. The van der Waals surface area contributed by atoms with E-state index in [4.69, 9.17) is 5.11 Å². The molecule has 2 unspecified atom stereocenters. The topological polar surface area (TPSA) is 71.4 Å². The largest absolute Gasteiger partial charge is 1.00 e. The van der Waals surface area contributed by atoms with E-state index >= 15 is 0 Å². The fourth-order valence-corrected chi connectivity index (χ4v) is 3.27. The number of aliphatic carboxylic acids is 1. The fraction of sp³-hybridized carbons (Fsp3) is 0.450. The minimum absolute atomic E-state index is 0. The van der Waals surface area contributed by atoms with Gasteiger partial charge in [0.1, 0.15) is 0 Å². The second-order valence-electron chi connectivity index (χ2n) is 6.40. The summed E-state index contributed by atoms with van der Waals surface area (Å²) in [4.78, 5) is 11.2. The molecule has 0 bridgehead atoms. The number of hydrogen-bond acceptors (Lipinski definition) is 4. The van der Waals surface area contributed by atoms with Gasteiger partial charge in [-0.15, -0.1) is 6.42 Å². The summed E-state index contributed by atoms with van der Waals surface area (Å²) in [6.07, 6.45) is 6.64. The molecule has 1 aromatic rings. The summed E-state index contributed by atoms with van der Waals surface area (Å²) in [6.45, 7) is 10.9. The van der Waals surface area contributed by atoms with Crippen LogP contribution in [0.5, 0.6) is 0 Å². The van der Waals surface area contributed by atoms with E-state index in [1.54, 1.807) is 19.1 Å². The number of allylic oxidation sites excluding steroid dienone is 2. The molecule has 1 aliphatic carbocycles. The molecule has 0 radical (unpaired) electrons. The maximum atomic E-state index is 11.0. The Morgan fingerprint density at radius 3 is 2.38 bits per heavy atom. The quantitative estimate of drug-likeness (QED) is 0.471. The molecule has 0 saturated heterocycles. The molecular weight excluding hydrogens is 343 g/mol. The third-order valence-corrected chi connectivity index (χ3v) is 4.88. The normalized spacial score (nSPS) is 16.5. The van der Waals surface area contributed by atoms with Gasteiger partial charge < -0.3 is 27.4 Å². The second kappa shape index (κ2) is 12.4. The van der Waals surface area contributed by atoms with E-state index in [9.17, 15) is 13.2 Å². The molecule has 2 rings (SSSR count). The van der Waals surface area contributed by atoms with Crippen molar-refractivity contribution in [3.05, 3.63) is 49.2 Å². The zero-order valence-corrected chi connectivity index (χ0v) is 16.8. The van der Waals surface area contributed by atoms with E-state index in [-0.39, 0.29) is 35.6 Å². The van der Waals surface area contributed by atoms with Crippen molar-refractivity contribution in [3.63, 3.8) is 0 Å². The molecule has 0 saturated carbocycles. The number of rotatable bonds is 6. The number of benzene rings is 1. The van der Waals surface area contributed by atoms with Crippen LogP contribution in [0.2, 0.25) is 0 Å². The van der Waals surface area contributed by atoms with Gasteiger partial charge in [-0.25, -0.2) is 0 Å². The molecule has 1 aromatic carbocycles. The number of carboxylic acids is 1. The average molecular weight is 370 g/mol. The molecular formula is C20H27LiO4S-2. The van der Waals surface area contributed by atoms with Crippen LogP contribution in [0, 0.1) is 25.7 Å². The van der Waals surface area contributed by atoms with Gasteiger partial charge in [0, 0.05) is 0 Å². The summed E-state index contributed by atoms with van der Waals surface area (Å²) in [6, 6.07) is 5.11. The van der Waals surface area contributed by atoms with Crippen molar-refractivity contribution in [2.75, 3.05) is 0 Å². The summed E-state index contributed by atoms with van der Waals surface area (Å²) in [5.41, 5.74) is 3.05. The maximum absolute atomic E-state index is 11.0. The number of unbranched alkanes of at least 4 members (excludes halogenated alkanes) is 2. The number of hydrogen-bond donors (Lipinski definition) is 1. The van der Waals surface area contributed by atoms with Crippen molar-refractivity contribution in [3.8, 4) is 0 Å². The van der Waals surface area contributed by atoms with Crippen LogP contribution in [0.25, 0.3) is 5.57 Å². The SMILES string of the molecule is CC1=CC(CC(C)C(=O)O)Cc2ccc([S-](=O)=O)cc21.[CH2-]CCC[CH2-].[Li+]. The third-order valence-electron chi connectivity index (χ3n) is 4.24. The van der Waals surface area contributed by atoms with E-state index in [1.165, 1.54) is 6.42 Å². The van der Waals surface area contributed by atoms with Gasteiger partial charge in [-0.2, -0.15) is 12.8 Å². The van der Waals surface area contributed by atoms with Gasteiger partial charge >= 0.3 is 24.8 Å². The first-order chi connectivity index (χ1) is 11.8. The Balaban J connectivity index is 0.000000923. The summed E-state index contributed by atoms with van der Waals surface area (Å²) in [5, 5.41) is 8.98. The first-order valence-corrected chi connectivity index (χ1v) is 9.59. The minimum atomic E-state index is -2.22. The summed E-state index contributed by atoms with van der Waals surface area (Å²) in [7, 11) is -2.22. The van der Waals surface area contributed by atoms with Crippen LogP contribution in [0.1, 0.15) is 50.7 Å². The Morgan fingerprint density at radius 1 is 1.31 bits per heavy atom. The number of carboxylic acid groups (broad SMARTS) is 1. The van der Waals surface area contributed by atoms with E-state index in [1.807, 2.05) is 13.0 Å². The van der Waals surface area contributed by atoms with Gasteiger partial charge in [0.15, 0.2) is 0 Å². The molecule has 1 N–H and O–H groups in total. The number of carbonyl (C=O) groups is 1. The van der Waals surface area contributed by atoms with Gasteiger partial charge in [0.2, 0.25) is 0 Å². The van der Waals surface area contributed by atoms with Crippen LogP contribution >= 0.6 is 0 Å². The van der Waals surface area contributed by atoms with Gasteiger partial charge in [-0.1, -0.05) is 36.1 Å². The van der Waals surface area contributed by atoms with E-state index < -0.39 is 16.7 Å². The Labute approximate surface area is 171 Å². The molecule has 0 heterocycles. The van der Waals surface area contributed by atoms with Crippen LogP contribution in [-0.2, 0) is 30.3 Å². The van der Waals surface area contributed by atoms with E-state index in [0.29, 0.717) is 6.42 Å². The average Bonchev–Trinajstić information content (AvgIpc) is 2.55. The van der Waals surface area contributed by atoms with Crippen molar-refractivity contribution in [1.29, 1.82) is 0 Å². The van der Waals surface area contributed by atoms with Gasteiger partial charge in [-0.3, -0.25) is 4.79 Å². The molecule has 2 atom stereocenters. The molecule has 6 heteroatoms. The molecule has 0 aliphatic heterocycles. The Morgan fingerprint density at radius 2 is 1.92 bits per heavy atom. The predicted molar refractivity (Wildman–Crippen MR) is 100 cm³/mol. The first-order valence-electron chi connectivity index (χ1n) is 8.52. The molecule has 26 heavy (non-hydrogen) atoms. The fourth-order valence-electron chi connectivity index (χ4n) is 2.87. The molecule has 140 valence electrons. The van der Waals surface area contributed by atoms with Gasteiger partial charge in [0.25, 0.3) is 0 Å². The third kappa shape index (κ3) is 7.69. The van der Waals surface area contributed by atoms with Crippen molar-refractivity contribution in [2.45, 2.75) is 50.8 Å². The smallest absolute Gasteiger partial charge is 0.481 e. The predicted octanol–water partition coefficient (Wildman–Crippen LogP) is 1.87. The van der Waals surface area contributed by atoms with Crippen molar-refractivity contribution in [1.82, 2.24) is 0 Å². The molecule has 0 spiro atoms. The first kappa shape index (κ1) is 25.0. The summed E-state index contributed by atoms with van der Waals surface area (Å²) >= 11 is 0. The van der Waals surface area contributed by atoms with Crippen molar-refractivity contribution >= 4 is 22.2 Å². The zero-order chi connectivity index (χ0) is 19.0. The minimum Gasteiger partial charge on any atom is -0.481 e. The molecule has 0 amide bonds. The summed E-state index contributed by atoms with van der Waals surface area (Å²) in [5.74, 6) is -0.963. The Hall–Kier alpha value is -1.02. The van der Waals surface area contributed by atoms with Crippen LogP contribution in [0.15, 0.2) is 29.2 Å². The molecule has 0 fully saturated rings. The monoisotopic (exact) mass is 370 g/mol. The summed E-state index contributed by atoms with van der Waals surface area (Å²) < 4.78 is 22.0. The van der Waals surface area contributed by atoms with E-state index in [0.717, 1.165) is 36.0 Å². The Kier molecular flexibility index (Phi) is 11.9. The van der Waals surface area contributed by atoms with Gasteiger partial charge in [-0.05, 0) is 53.1 Å². The van der Waals surface area contributed by atoms with Crippen LogP contribution in [-0.4, -0.2) is 11.1 Å². The Bertz CT molecular complexity index is 685. The van der Waals surface area contributed by atoms with Crippen LogP contribution in [0.4, 0.5) is 0 Å². The van der Waals surface area contributed by atoms with Gasteiger partial charge in [0.05, 0.1) is 5.92 Å². The van der Waals surface area contributed by atoms with Crippen LogP contribution < -0.4 is 18.9 Å². The van der Waals surface area contributed by atoms with E-state index in [2.05, 4.69) is 19.9 Å². The zero-order valence-electron chi connectivity index (χ0n) is 16.0. The molecule has 1 aliphatic rings. The maximum Gasteiger partial charge on any atom is 1.00 e. The van der Waals surface area contributed by atoms with Crippen molar-refractivity contribution in [2.24, 2.45) is 11.8 Å². The van der Waals surface area contributed by atoms with Crippen molar-refractivity contribution < 1.29 is 37.2 Å². The standard InChI is InChI=1S/C15H17O4S.C5H10.Li/c1-9-5-11(6-10(2)15(16)17)7-12-3-4-13(20(18)19)8-14(9)12;1-3-5-4-2;/h3-5,8,10-11H,6-7H2,1-2H3,(H,16,17);1-5H2;/q-1;-2;+1. The molecule has 0 aromatic heterocycles.